The van der Waals surface area contributed by atoms with Gasteiger partial charge in [-0.3, -0.25) is 9.59 Å². The van der Waals surface area contributed by atoms with Gasteiger partial charge in [0, 0.05) is 18.6 Å². The Balaban J connectivity index is 1.08. The van der Waals surface area contributed by atoms with Crippen LogP contribution in [-0.2, 0) is 19.1 Å². The minimum absolute atomic E-state index is 0.180. The monoisotopic (exact) mass is 482 g/mol. The van der Waals surface area contributed by atoms with Crippen molar-refractivity contribution in [2.75, 3.05) is 32.8 Å². The van der Waals surface area contributed by atoms with E-state index in [1.54, 1.807) is 6.26 Å². The maximum Gasteiger partial charge on any atom is 0.310 e. The van der Waals surface area contributed by atoms with Crippen LogP contribution in [0.3, 0.4) is 0 Å². The summed E-state index contributed by atoms with van der Waals surface area (Å²) in [6.07, 6.45) is 9.39. The summed E-state index contributed by atoms with van der Waals surface area (Å²) < 4.78 is 16.7. The number of amides is 1. The number of carbonyl (C=O) groups excluding carboxylic acids is 2. The van der Waals surface area contributed by atoms with E-state index >= 15 is 0 Å². The summed E-state index contributed by atoms with van der Waals surface area (Å²) in [6, 6.07) is 8.48. The number of nitrogens with zero attached hydrogens (tertiary/aromatic N) is 1. The third kappa shape index (κ3) is 5.41. The normalized spacial score (nSPS) is 27.1. The SMILES string of the molecule is NC(=O)C1(OC(=O)C2CCOCC2)CCC(CCN2CCC(c3cccc4occc34)CC2)CC1. The van der Waals surface area contributed by atoms with Gasteiger partial charge < -0.3 is 24.5 Å². The Morgan fingerprint density at radius 1 is 1.03 bits per heavy atom. The fourth-order valence-corrected chi connectivity index (χ4v) is 6.25. The van der Waals surface area contributed by atoms with Crippen LogP contribution in [0.5, 0.6) is 0 Å². The molecule has 35 heavy (non-hydrogen) atoms. The average Bonchev–Trinajstić information content (AvgIpc) is 3.38. The molecule has 0 atom stereocenters. The fraction of sp³-hybridized carbons (Fsp3) is 0.643. The van der Waals surface area contributed by atoms with Gasteiger partial charge in [-0.1, -0.05) is 12.1 Å². The molecule has 0 bridgehead atoms. The number of piperidine rings is 1. The van der Waals surface area contributed by atoms with Crippen molar-refractivity contribution >= 4 is 22.8 Å². The number of ether oxygens (including phenoxy) is 2. The molecule has 190 valence electrons. The predicted octanol–water partition coefficient (Wildman–Crippen LogP) is 4.39. The average molecular weight is 483 g/mol. The number of esters is 1. The molecule has 0 unspecified atom stereocenters. The smallest absolute Gasteiger partial charge is 0.310 e. The van der Waals surface area contributed by atoms with Crippen LogP contribution in [0.4, 0.5) is 0 Å². The van der Waals surface area contributed by atoms with Crippen LogP contribution >= 0.6 is 0 Å². The third-order valence-corrected chi connectivity index (χ3v) is 8.62. The Morgan fingerprint density at radius 2 is 1.77 bits per heavy atom. The largest absolute Gasteiger partial charge is 0.464 e. The highest BCUT2D eigenvalue weighted by Crippen LogP contribution is 2.38. The number of nitrogens with two attached hydrogens (primary N) is 1. The molecule has 2 aliphatic heterocycles. The van der Waals surface area contributed by atoms with Crippen LogP contribution < -0.4 is 5.73 Å². The molecule has 2 saturated heterocycles. The van der Waals surface area contributed by atoms with Crippen molar-refractivity contribution in [2.24, 2.45) is 17.6 Å². The summed E-state index contributed by atoms with van der Waals surface area (Å²) in [5, 5.41) is 1.25. The molecule has 3 fully saturated rings. The lowest BCUT2D eigenvalue weighted by molar-refractivity contribution is -0.178. The summed E-state index contributed by atoms with van der Waals surface area (Å²) in [5.41, 5.74) is 7.02. The van der Waals surface area contributed by atoms with E-state index in [2.05, 4.69) is 23.1 Å². The van der Waals surface area contributed by atoms with Gasteiger partial charge in [-0.25, -0.2) is 0 Å². The number of rotatable bonds is 7. The van der Waals surface area contributed by atoms with Crippen molar-refractivity contribution in [3.63, 3.8) is 0 Å². The van der Waals surface area contributed by atoms with Crippen molar-refractivity contribution in [2.45, 2.75) is 69.3 Å². The van der Waals surface area contributed by atoms with E-state index in [0.29, 0.717) is 50.7 Å². The molecule has 1 amide bonds. The zero-order chi connectivity index (χ0) is 24.3. The van der Waals surface area contributed by atoms with Gasteiger partial charge >= 0.3 is 5.97 Å². The van der Waals surface area contributed by atoms with Crippen LogP contribution in [-0.4, -0.2) is 55.2 Å². The highest BCUT2D eigenvalue weighted by molar-refractivity contribution is 5.87. The van der Waals surface area contributed by atoms with E-state index in [4.69, 9.17) is 19.6 Å². The fourth-order valence-electron chi connectivity index (χ4n) is 6.25. The van der Waals surface area contributed by atoms with E-state index in [1.807, 2.05) is 6.07 Å². The summed E-state index contributed by atoms with van der Waals surface area (Å²) in [7, 11) is 0. The molecule has 7 nitrogen and oxygen atoms in total. The number of fused-ring (bicyclic) bond motifs is 1. The maximum atomic E-state index is 12.7. The second-order valence-corrected chi connectivity index (χ2v) is 10.7. The number of furan rings is 1. The van der Waals surface area contributed by atoms with Gasteiger partial charge in [0.1, 0.15) is 5.58 Å². The van der Waals surface area contributed by atoms with Gasteiger partial charge in [-0.15, -0.1) is 0 Å². The minimum Gasteiger partial charge on any atom is -0.464 e. The standard InChI is InChI=1S/C28H38N2O5/c29-27(32)28(35-26(31)22-9-17-33-18-10-22)12-4-20(5-13-28)6-14-30-15-7-21(8-16-30)23-2-1-3-25-24(23)11-19-34-25/h1-3,11,19-22H,4-10,12-18H2,(H2,29,32). The molecule has 1 aromatic carbocycles. The van der Waals surface area contributed by atoms with E-state index < -0.39 is 11.5 Å². The Labute approximate surface area is 207 Å². The molecule has 1 saturated carbocycles. The van der Waals surface area contributed by atoms with Gasteiger partial charge in [0.15, 0.2) is 5.60 Å². The van der Waals surface area contributed by atoms with Crippen molar-refractivity contribution in [1.82, 2.24) is 4.90 Å². The van der Waals surface area contributed by atoms with Crippen LogP contribution in [0.15, 0.2) is 34.9 Å². The predicted molar refractivity (Wildman–Crippen MR) is 133 cm³/mol. The summed E-state index contributed by atoms with van der Waals surface area (Å²) >= 11 is 0. The van der Waals surface area contributed by atoms with Gasteiger partial charge in [0.2, 0.25) is 0 Å². The summed E-state index contributed by atoms with van der Waals surface area (Å²) in [6.45, 7) is 4.45. The van der Waals surface area contributed by atoms with E-state index in [0.717, 1.165) is 44.5 Å². The first-order chi connectivity index (χ1) is 17.0. The Morgan fingerprint density at radius 3 is 2.49 bits per heavy atom. The molecule has 1 aliphatic carbocycles. The molecule has 3 aliphatic rings. The number of benzene rings is 1. The zero-order valence-corrected chi connectivity index (χ0v) is 20.6. The van der Waals surface area contributed by atoms with Crippen molar-refractivity contribution in [3.8, 4) is 0 Å². The molecule has 3 heterocycles. The number of carbonyl (C=O) groups is 2. The van der Waals surface area contributed by atoms with Crippen molar-refractivity contribution in [1.29, 1.82) is 0 Å². The van der Waals surface area contributed by atoms with Crippen molar-refractivity contribution in [3.05, 3.63) is 36.1 Å². The highest BCUT2D eigenvalue weighted by atomic mass is 16.6. The van der Waals surface area contributed by atoms with E-state index in [9.17, 15) is 9.59 Å². The number of hydrogen-bond donors (Lipinski definition) is 1. The lowest BCUT2D eigenvalue weighted by Crippen LogP contribution is -2.51. The van der Waals surface area contributed by atoms with Gasteiger partial charge in [-0.2, -0.15) is 0 Å². The van der Waals surface area contributed by atoms with Crippen LogP contribution in [0, 0.1) is 11.8 Å². The molecule has 5 rings (SSSR count). The summed E-state index contributed by atoms with van der Waals surface area (Å²) in [5.74, 6) is 0.178. The molecule has 2 aromatic rings. The minimum atomic E-state index is -1.13. The zero-order valence-electron chi connectivity index (χ0n) is 20.6. The lowest BCUT2D eigenvalue weighted by Gasteiger charge is -2.39. The molecule has 0 spiro atoms. The quantitative estimate of drug-likeness (QED) is 0.588. The topological polar surface area (TPSA) is 95.0 Å². The first-order valence-corrected chi connectivity index (χ1v) is 13.3. The number of hydrogen-bond acceptors (Lipinski definition) is 6. The van der Waals surface area contributed by atoms with Crippen molar-refractivity contribution < 1.29 is 23.5 Å². The van der Waals surface area contributed by atoms with Gasteiger partial charge in [0.25, 0.3) is 5.91 Å². The molecule has 1 aromatic heterocycles. The lowest BCUT2D eigenvalue weighted by atomic mass is 9.76. The summed E-state index contributed by atoms with van der Waals surface area (Å²) in [4.78, 5) is 27.6. The molecular weight excluding hydrogens is 444 g/mol. The van der Waals surface area contributed by atoms with Gasteiger partial charge in [-0.05, 0) is 107 Å². The Hall–Kier alpha value is -2.38. The maximum absolute atomic E-state index is 12.7. The number of primary amides is 1. The van der Waals surface area contributed by atoms with Crippen LogP contribution in [0.2, 0.25) is 0 Å². The molecule has 0 radical (unpaired) electrons. The Kier molecular flexibility index (Phi) is 7.44. The highest BCUT2D eigenvalue weighted by Gasteiger charge is 2.45. The first kappa shape index (κ1) is 24.3. The van der Waals surface area contributed by atoms with Gasteiger partial charge in [0.05, 0.1) is 12.2 Å². The van der Waals surface area contributed by atoms with E-state index in [-0.39, 0.29) is 11.9 Å². The van der Waals surface area contributed by atoms with Crippen LogP contribution in [0.1, 0.15) is 69.3 Å². The second kappa shape index (κ2) is 10.7. The molecule has 2 N–H and O–H groups in total. The first-order valence-electron chi connectivity index (χ1n) is 13.3. The number of likely N-dealkylation sites (tertiary alicyclic amines) is 1. The molecular formula is C28H38N2O5. The van der Waals surface area contributed by atoms with Crippen LogP contribution in [0.25, 0.3) is 11.0 Å². The molecule has 7 heteroatoms. The second-order valence-electron chi connectivity index (χ2n) is 10.7. The third-order valence-electron chi connectivity index (χ3n) is 8.62. The Bertz CT molecular complexity index is 1010. The van der Waals surface area contributed by atoms with E-state index in [1.165, 1.54) is 23.8 Å².